The molecule has 3 aromatic rings. The molecule has 0 unspecified atom stereocenters. The van der Waals surface area contributed by atoms with E-state index in [1.54, 1.807) is 30.5 Å². The molecule has 0 saturated carbocycles. The van der Waals surface area contributed by atoms with Crippen LogP contribution in [0.5, 0.6) is 11.5 Å². The van der Waals surface area contributed by atoms with Gasteiger partial charge in [-0.1, -0.05) is 6.07 Å². The third-order valence-electron chi connectivity index (χ3n) is 6.45. The summed E-state index contributed by atoms with van der Waals surface area (Å²) in [6, 6.07) is 9.40. The van der Waals surface area contributed by atoms with Crippen LogP contribution >= 0.6 is 0 Å². The van der Waals surface area contributed by atoms with Crippen molar-refractivity contribution < 1.29 is 27.0 Å². The maximum absolute atomic E-state index is 14.0. The summed E-state index contributed by atoms with van der Waals surface area (Å²) >= 11 is 0. The summed E-state index contributed by atoms with van der Waals surface area (Å²) in [5.41, 5.74) is 1.81. The number of fused-ring (bicyclic) bond motifs is 4. The maximum Gasteiger partial charge on any atom is 0.244 e. The Bertz CT molecular complexity index is 1420. The molecule has 0 radical (unpaired) electrons. The molecule has 4 bridgehead atoms. The summed E-state index contributed by atoms with van der Waals surface area (Å²) < 4.78 is 59.5. The highest BCUT2D eigenvalue weighted by Crippen LogP contribution is 2.33. The number of benzene rings is 2. The monoisotopic (exact) mass is 558 g/mol. The lowest BCUT2D eigenvalue weighted by atomic mass is 10.1. The maximum atomic E-state index is 14.0. The summed E-state index contributed by atoms with van der Waals surface area (Å²) in [5, 5.41) is 6.34. The molecule has 13 heteroatoms. The second kappa shape index (κ2) is 12.1. The van der Waals surface area contributed by atoms with Gasteiger partial charge in [0, 0.05) is 50.2 Å². The van der Waals surface area contributed by atoms with Gasteiger partial charge in [-0.25, -0.2) is 22.5 Å². The predicted octanol–water partition coefficient (Wildman–Crippen LogP) is 2.84. The number of halogens is 1. The van der Waals surface area contributed by atoms with Crippen LogP contribution in [0.3, 0.4) is 0 Å². The van der Waals surface area contributed by atoms with Gasteiger partial charge in [-0.3, -0.25) is 4.90 Å². The number of nitrogens with zero attached hydrogens (tertiary/aromatic N) is 3. The highest BCUT2D eigenvalue weighted by molar-refractivity contribution is 7.89. The molecule has 208 valence electrons. The molecule has 5 rings (SSSR count). The summed E-state index contributed by atoms with van der Waals surface area (Å²) in [5.74, 6) is 0.709. The van der Waals surface area contributed by atoms with Crippen molar-refractivity contribution in [3.05, 3.63) is 48.4 Å². The first-order valence-corrected chi connectivity index (χ1v) is 14.2. The third-order valence-corrected chi connectivity index (χ3v) is 7.93. The summed E-state index contributed by atoms with van der Waals surface area (Å²) in [6.07, 6.45) is 2.12. The highest BCUT2D eigenvalue weighted by Gasteiger charge is 2.22. The molecule has 1 saturated heterocycles. The first kappa shape index (κ1) is 27.1. The molecule has 39 heavy (non-hydrogen) atoms. The van der Waals surface area contributed by atoms with Gasteiger partial charge in [0.05, 0.1) is 20.3 Å². The van der Waals surface area contributed by atoms with Crippen molar-refractivity contribution in [3.63, 3.8) is 0 Å². The van der Waals surface area contributed by atoms with E-state index in [2.05, 4.69) is 30.2 Å². The molecule has 11 nitrogen and oxygen atoms in total. The van der Waals surface area contributed by atoms with Gasteiger partial charge in [0.15, 0.2) is 11.6 Å². The van der Waals surface area contributed by atoms with Gasteiger partial charge in [0.25, 0.3) is 0 Å². The molecule has 2 aromatic carbocycles. The van der Waals surface area contributed by atoms with Gasteiger partial charge in [0.2, 0.25) is 16.0 Å². The van der Waals surface area contributed by atoms with Crippen LogP contribution in [0.1, 0.15) is 6.42 Å². The number of hydrogen-bond acceptors (Lipinski definition) is 10. The average Bonchev–Trinajstić information content (AvgIpc) is 2.94. The topological polar surface area (TPSA) is 127 Å². The van der Waals surface area contributed by atoms with Crippen molar-refractivity contribution in [1.29, 1.82) is 0 Å². The minimum atomic E-state index is -3.85. The number of morpholine rings is 1. The van der Waals surface area contributed by atoms with Gasteiger partial charge in [-0.2, -0.15) is 4.98 Å². The van der Waals surface area contributed by atoms with Gasteiger partial charge < -0.3 is 24.8 Å². The Morgan fingerprint density at radius 3 is 2.77 bits per heavy atom. The predicted molar refractivity (Wildman–Crippen MR) is 145 cm³/mol. The summed E-state index contributed by atoms with van der Waals surface area (Å²) in [4.78, 5) is 11.3. The molecular formula is C26H31FN6O5S. The Morgan fingerprint density at radius 1 is 1.10 bits per heavy atom. The zero-order chi connectivity index (χ0) is 27.2. The average molecular weight is 559 g/mol. The first-order chi connectivity index (χ1) is 18.9. The van der Waals surface area contributed by atoms with Gasteiger partial charge in [0.1, 0.15) is 23.1 Å². The molecule has 1 aromatic heterocycles. The number of ether oxygens (including phenoxy) is 3. The number of hydrogen-bond donors (Lipinski definition) is 3. The van der Waals surface area contributed by atoms with Crippen LogP contribution in [-0.2, 0) is 14.8 Å². The lowest BCUT2D eigenvalue weighted by molar-refractivity contribution is 0.0321. The molecule has 0 amide bonds. The van der Waals surface area contributed by atoms with Crippen LogP contribution in [0.25, 0.3) is 11.1 Å². The van der Waals surface area contributed by atoms with Crippen LogP contribution < -0.4 is 24.8 Å². The van der Waals surface area contributed by atoms with E-state index >= 15 is 0 Å². The van der Waals surface area contributed by atoms with E-state index in [9.17, 15) is 12.8 Å². The molecular weight excluding hydrogens is 527 g/mol. The molecule has 0 atom stereocenters. The molecule has 1 fully saturated rings. The van der Waals surface area contributed by atoms with Crippen LogP contribution in [0.15, 0.2) is 47.5 Å². The van der Waals surface area contributed by atoms with Crippen molar-refractivity contribution >= 4 is 27.5 Å². The first-order valence-electron chi connectivity index (χ1n) is 12.7. The Morgan fingerprint density at radius 2 is 1.95 bits per heavy atom. The smallest absolute Gasteiger partial charge is 0.244 e. The number of sulfonamides is 1. The standard InChI is InChI=1S/C26H31FN6O5S/c1-36-23-15-18(3-5-21(23)27)20-17-29-26-31-19-4-6-22(38-14-11-33-9-12-37-13-10-33)24(16-19)39(34,35)30-8-2-7-28-25(20)32-26/h3-6,15-17,30H,2,7-14H2,1H3,(H2,28,29,31,32). The minimum absolute atomic E-state index is 0.0388. The largest absolute Gasteiger partial charge is 0.494 e. The lowest BCUT2D eigenvalue weighted by Gasteiger charge is -2.26. The van der Waals surface area contributed by atoms with E-state index < -0.39 is 15.8 Å². The quantitative estimate of drug-likeness (QED) is 0.416. The number of nitrogens with one attached hydrogen (secondary N) is 3. The highest BCUT2D eigenvalue weighted by atomic mass is 32.2. The Kier molecular flexibility index (Phi) is 8.41. The van der Waals surface area contributed by atoms with E-state index in [0.29, 0.717) is 62.0 Å². The fourth-order valence-corrected chi connectivity index (χ4v) is 5.59. The van der Waals surface area contributed by atoms with Crippen LogP contribution in [0.2, 0.25) is 0 Å². The van der Waals surface area contributed by atoms with E-state index in [-0.39, 0.29) is 28.9 Å². The van der Waals surface area contributed by atoms with Crippen molar-refractivity contribution in [3.8, 4) is 22.6 Å². The number of aromatic nitrogens is 2. The molecule has 3 N–H and O–H groups in total. The van der Waals surface area contributed by atoms with E-state index in [4.69, 9.17) is 14.2 Å². The van der Waals surface area contributed by atoms with Crippen LogP contribution in [-0.4, -0.2) is 82.9 Å². The zero-order valence-electron chi connectivity index (χ0n) is 21.6. The van der Waals surface area contributed by atoms with Crippen molar-refractivity contribution in [2.45, 2.75) is 11.3 Å². The molecule has 2 aliphatic rings. The summed E-state index contributed by atoms with van der Waals surface area (Å²) in [7, 11) is -2.45. The van der Waals surface area contributed by atoms with E-state index in [1.165, 1.54) is 19.2 Å². The second-order valence-electron chi connectivity index (χ2n) is 9.07. The Balaban J connectivity index is 1.42. The van der Waals surface area contributed by atoms with Gasteiger partial charge in [-0.15, -0.1) is 0 Å². The third kappa shape index (κ3) is 6.56. The number of methoxy groups -OCH3 is 1. The molecule has 0 spiro atoms. The minimum Gasteiger partial charge on any atom is -0.494 e. The Labute approximate surface area is 226 Å². The fraction of sp³-hybridized carbons (Fsp3) is 0.385. The van der Waals surface area contributed by atoms with Gasteiger partial charge in [-0.05, 0) is 42.3 Å². The zero-order valence-corrected chi connectivity index (χ0v) is 22.4. The van der Waals surface area contributed by atoms with Crippen molar-refractivity contribution in [2.75, 3.05) is 70.3 Å². The summed E-state index contributed by atoms with van der Waals surface area (Å²) in [6.45, 7) is 4.67. The van der Waals surface area contributed by atoms with Crippen molar-refractivity contribution in [1.82, 2.24) is 19.6 Å². The van der Waals surface area contributed by atoms with E-state index in [1.807, 2.05) is 0 Å². The van der Waals surface area contributed by atoms with Gasteiger partial charge >= 0.3 is 0 Å². The van der Waals surface area contributed by atoms with Crippen LogP contribution in [0.4, 0.5) is 21.8 Å². The lowest BCUT2D eigenvalue weighted by Crippen LogP contribution is -2.38. The number of anilines is 3. The molecule has 3 heterocycles. The molecule has 2 aliphatic heterocycles. The number of rotatable bonds is 6. The fourth-order valence-electron chi connectivity index (χ4n) is 4.35. The van der Waals surface area contributed by atoms with Crippen LogP contribution in [0, 0.1) is 5.82 Å². The second-order valence-corrected chi connectivity index (χ2v) is 10.8. The SMILES string of the molecule is COc1cc(-c2cnc3nc2NCCCNS(=O)(=O)c2cc(ccc2OCCN2CCOCC2)N3)ccc1F. The normalized spacial score (nSPS) is 17.5. The van der Waals surface area contributed by atoms with Crippen molar-refractivity contribution in [2.24, 2.45) is 0 Å². The molecule has 0 aliphatic carbocycles. The Hall–Kier alpha value is -3.52. The van der Waals surface area contributed by atoms with E-state index in [0.717, 1.165) is 13.1 Å².